The van der Waals surface area contributed by atoms with E-state index in [1.165, 1.54) is 64.5 Å². The number of nitrogens with zero attached hydrogens (tertiary/aromatic N) is 1. The van der Waals surface area contributed by atoms with Crippen LogP contribution in [0.1, 0.15) is 51.4 Å². The summed E-state index contributed by atoms with van der Waals surface area (Å²) in [4.78, 5) is 2.52. The van der Waals surface area contributed by atoms with E-state index < -0.39 is 0 Å². The van der Waals surface area contributed by atoms with Crippen LogP contribution in [-0.2, 0) is 0 Å². The van der Waals surface area contributed by atoms with Crippen LogP contribution in [0.15, 0.2) is 0 Å². The molecule has 0 heterocycles. The fourth-order valence-corrected chi connectivity index (χ4v) is 3.13. The molecule has 0 aromatic rings. The first kappa shape index (κ1) is 12.4. The molecular weight excluding hydrogens is 196 g/mol. The molecule has 0 bridgehead atoms. The molecule has 0 amide bonds. The Bertz CT molecular complexity index is 205. The SMILES string of the molecule is CN(CCC1CCCCC1)CC1(CN)CC1. The maximum Gasteiger partial charge on any atom is 0.00470 e. The highest BCUT2D eigenvalue weighted by Crippen LogP contribution is 2.44. The molecule has 0 radical (unpaired) electrons. The molecule has 2 heteroatoms. The maximum absolute atomic E-state index is 5.83. The lowest BCUT2D eigenvalue weighted by Gasteiger charge is -2.26. The first-order valence-electron chi connectivity index (χ1n) is 7.13. The van der Waals surface area contributed by atoms with Gasteiger partial charge in [0.15, 0.2) is 0 Å². The maximum atomic E-state index is 5.83. The highest BCUT2D eigenvalue weighted by atomic mass is 15.1. The Balaban J connectivity index is 1.61. The van der Waals surface area contributed by atoms with E-state index in [2.05, 4.69) is 11.9 Å². The second kappa shape index (κ2) is 5.50. The van der Waals surface area contributed by atoms with E-state index in [1.807, 2.05) is 0 Å². The fraction of sp³-hybridized carbons (Fsp3) is 1.00. The summed E-state index contributed by atoms with van der Waals surface area (Å²) in [7, 11) is 2.28. The van der Waals surface area contributed by atoms with E-state index in [0.717, 1.165) is 12.5 Å². The average molecular weight is 224 g/mol. The Morgan fingerprint density at radius 3 is 2.44 bits per heavy atom. The zero-order chi connectivity index (χ0) is 11.4. The van der Waals surface area contributed by atoms with Gasteiger partial charge in [0.25, 0.3) is 0 Å². The van der Waals surface area contributed by atoms with Crippen LogP contribution in [0.2, 0.25) is 0 Å². The second-order valence-corrected chi connectivity index (χ2v) is 6.23. The number of nitrogens with two attached hydrogens (primary N) is 1. The quantitative estimate of drug-likeness (QED) is 0.751. The van der Waals surface area contributed by atoms with Crippen molar-refractivity contribution >= 4 is 0 Å². The molecule has 0 aromatic carbocycles. The van der Waals surface area contributed by atoms with Gasteiger partial charge in [-0.3, -0.25) is 0 Å². The molecule has 2 aliphatic rings. The van der Waals surface area contributed by atoms with Gasteiger partial charge in [0, 0.05) is 6.54 Å². The molecular formula is C14H28N2. The minimum Gasteiger partial charge on any atom is -0.330 e. The molecule has 16 heavy (non-hydrogen) atoms. The van der Waals surface area contributed by atoms with E-state index in [0.29, 0.717) is 5.41 Å². The van der Waals surface area contributed by atoms with Gasteiger partial charge < -0.3 is 10.6 Å². The van der Waals surface area contributed by atoms with Crippen molar-refractivity contribution in [3.05, 3.63) is 0 Å². The Morgan fingerprint density at radius 1 is 1.19 bits per heavy atom. The molecule has 94 valence electrons. The third kappa shape index (κ3) is 3.46. The van der Waals surface area contributed by atoms with Crippen molar-refractivity contribution in [2.75, 3.05) is 26.7 Å². The molecule has 0 atom stereocenters. The van der Waals surface area contributed by atoms with Crippen molar-refractivity contribution in [2.45, 2.75) is 51.4 Å². The van der Waals surface area contributed by atoms with Crippen LogP contribution in [0.4, 0.5) is 0 Å². The van der Waals surface area contributed by atoms with Gasteiger partial charge in [-0.05, 0) is 50.7 Å². The Morgan fingerprint density at radius 2 is 1.88 bits per heavy atom. The Hall–Kier alpha value is -0.0800. The molecule has 0 unspecified atom stereocenters. The van der Waals surface area contributed by atoms with Crippen molar-refractivity contribution in [1.82, 2.24) is 4.90 Å². The largest absolute Gasteiger partial charge is 0.330 e. The summed E-state index contributed by atoms with van der Waals surface area (Å²) in [5.74, 6) is 1.02. The molecule has 0 saturated heterocycles. The average Bonchev–Trinajstić information content (AvgIpc) is 3.08. The summed E-state index contributed by atoms with van der Waals surface area (Å²) in [5, 5.41) is 0. The fourth-order valence-electron chi connectivity index (χ4n) is 3.13. The van der Waals surface area contributed by atoms with E-state index >= 15 is 0 Å². The van der Waals surface area contributed by atoms with Crippen molar-refractivity contribution in [3.63, 3.8) is 0 Å². The minimum absolute atomic E-state index is 0.515. The van der Waals surface area contributed by atoms with Gasteiger partial charge in [-0.25, -0.2) is 0 Å². The van der Waals surface area contributed by atoms with E-state index in [9.17, 15) is 0 Å². The molecule has 2 fully saturated rings. The second-order valence-electron chi connectivity index (χ2n) is 6.23. The van der Waals surface area contributed by atoms with Crippen LogP contribution in [0, 0.1) is 11.3 Å². The van der Waals surface area contributed by atoms with Gasteiger partial charge in [-0.2, -0.15) is 0 Å². The molecule has 0 aromatic heterocycles. The summed E-state index contributed by atoms with van der Waals surface area (Å²) in [6.45, 7) is 3.41. The first-order valence-corrected chi connectivity index (χ1v) is 7.13. The van der Waals surface area contributed by atoms with Crippen LogP contribution in [0.5, 0.6) is 0 Å². The lowest BCUT2D eigenvalue weighted by molar-refractivity contribution is 0.230. The van der Waals surface area contributed by atoms with Crippen molar-refractivity contribution in [1.29, 1.82) is 0 Å². The van der Waals surface area contributed by atoms with E-state index in [-0.39, 0.29) is 0 Å². The van der Waals surface area contributed by atoms with E-state index in [4.69, 9.17) is 5.73 Å². The smallest absolute Gasteiger partial charge is 0.00470 e. The lowest BCUT2D eigenvalue weighted by atomic mass is 9.87. The third-order valence-electron chi connectivity index (χ3n) is 4.64. The van der Waals surface area contributed by atoms with Crippen molar-refractivity contribution < 1.29 is 0 Å². The van der Waals surface area contributed by atoms with Gasteiger partial charge in [0.2, 0.25) is 0 Å². The van der Waals surface area contributed by atoms with Gasteiger partial charge in [0.05, 0.1) is 0 Å². The first-order chi connectivity index (χ1) is 7.74. The number of hydrogen-bond acceptors (Lipinski definition) is 2. The molecule has 2 rings (SSSR count). The number of rotatable bonds is 6. The summed E-state index contributed by atoms with van der Waals surface area (Å²) >= 11 is 0. The van der Waals surface area contributed by atoms with Crippen LogP contribution < -0.4 is 5.73 Å². The van der Waals surface area contributed by atoms with Gasteiger partial charge in [-0.15, -0.1) is 0 Å². The predicted molar refractivity (Wildman–Crippen MR) is 69.4 cm³/mol. The summed E-state index contributed by atoms with van der Waals surface area (Å²) in [6, 6.07) is 0. The summed E-state index contributed by atoms with van der Waals surface area (Å²) < 4.78 is 0. The highest BCUT2D eigenvalue weighted by Gasteiger charge is 2.41. The highest BCUT2D eigenvalue weighted by molar-refractivity contribution is 4.95. The van der Waals surface area contributed by atoms with Crippen LogP contribution >= 0.6 is 0 Å². The Labute approximate surface area is 101 Å². The zero-order valence-electron chi connectivity index (χ0n) is 10.9. The standard InChI is InChI=1S/C14H28N2/c1-16(12-14(11-15)8-9-14)10-7-13-5-3-2-4-6-13/h13H,2-12,15H2,1H3. The molecule has 2 saturated carbocycles. The molecule has 2 N–H and O–H groups in total. The van der Waals surface area contributed by atoms with Crippen LogP contribution in [-0.4, -0.2) is 31.6 Å². The Kier molecular flexibility index (Phi) is 4.26. The predicted octanol–water partition coefficient (Wildman–Crippen LogP) is 2.63. The number of hydrogen-bond donors (Lipinski definition) is 1. The normalized spacial score (nSPS) is 24.9. The van der Waals surface area contributed by atoms with Crippen molar-refractivity contribution in [3.8, 4) is 0 Å². The van der Waals surface area contributed by atoms with Crippen molar-refractivity contribution in [2.24, 2.45) is 17.1 Å². The topological polar surface area (TPSA) is 29.3 Å². The molecule has 0 aliphatic heterocycles. The van der Waals surface area contributed by atoms with Gasteiger partial charge in [-0.1, -0.05) is 32.1 Å². The van der Waals surface area contributed by atoms with Gasteiger partial charge in [0.1, 0.15) is 0 Å². The van der Waals surface area contributed by atoms with Crippen LogP contribution in [0.3, 0.4) is 0 Å². The lowest BCUT2D eigenvalue weighted by Crippen LogP contribution is -2.32. The summed E-state index contributed by atoms with van der Waals surface area (Å²) in [6.07, 6.45) is 11.5. The molecule has 0 spiro atoms. The van der Waals surface area contributed by atoms with E-state index in [1.54, 1.807) is 0 Å². The third-order valence-corrected chi connectivity index (χ3v) is 4.64. The monoisotopic (exact) mass is 224 g/mol. The van der Waals surface area contributed by atoms with Gasteiger partial charge >= 0.3 is 0 Å². The molecule has 2 nitrogen and oxygen atoms in total. The zero-order valence-corrected chi connectivity index (χ0v) is 10.9. The minimum atomic E-state index is 0.515. The van der Waals surface area contributed by atoms with Crippen LogP contribution in [0.25, 0.3) is 0 Å². The summed E-state index contributed by atoms with van der Waals surface area (Å²) in [5.41, 5.74) is 6.34. The molecule has 2 aliphatic carbocycles.